The van der Waals surface area contributed by atoms with E-state index in [1.54, 1.807) is 0 Å². The highest BCUT2D eigenvalue weighted by atomic mass is 35.5. The summed E-state index contributed by atoms with van der Waals surface area (Å²) in [6.07, 6.45) is 2.34. The lowest BCUT2D eigenvalue weighted by atomic mass is 10.2. The highest BCUT2D eigenvalue weighted by Crippen LogP contribution is 2.25. The fourth-order valence-corrected chi connectivity index (χ4v) is 2.66. The van der Waals surface area contributed by atoms with Crippen molar-refractivity contribution in [2.24, 2.45) is 0 Å². The Hall–Kier alpha value is -1.06. The number of hydrogen-bond donors (Lipinski definition) is 0. The average Bonchev–Trinajstić information content (AvgIpc) is 2.72. The number of imidazole rings is 1. The van der Waals surface area contributed by atoms with E-state index in [-0.39, 0.29) is 5.38 Å². The SMILES string of the molecule is Cc1ccc2c(c1)nc(C(C)Cl)n2CCCCN(C)C. The first-order chi connectivity index (χ1) is 9.49. The molecule has 0 amide bonds. The summed E-state index contributed by atoms with van der Waals surface area (Å²) in [5, 5.41) is -0.0587. The van der Waals surface area contributed by atoms with Crippen LogP contribution in [-0.2, 0) is 6.54 Å². The van der Waals surface area contributed by atoms with Crippen LogP contribution >= 0.6 is 11.6 Å². The minimum Gasteiger partial charge on any atom is -0.327 e. The average molecular weight is 294 g/mol. The molecular weight excluding hydrogens is 270 g/mol. The van der Waals surface area contributed by atoms with E-state index in [9.17, 15) is 0 Å². The second kappa shape index (κ2) is 6.59. The monoisotopic (exact) mass is 293 g/mol. The van der Waals surface area contributed by atoms with Gasteiger partial charge in [0.2, 0.25) is 0 Å². The number of benzene rings is 1. The standard InChI is InChI=1S/C16H24ClN3/c1-12-7-8-15-14(11-12)18-16(13(2)17)20(15)10-6-5-9-19(3)4/h7-8,11,13H,5-6,9-10H2,1-4H3. The van der Waals surface area contributed by atoms with E-state index < -0.39 is 0 Å². The summed E-state index contributed by atoms with van der Waals surface area (Å²) in [7, 11) is 4.23. The third kappa shape index (κ3) is 3.53. The molecule has 0 saturated carbocycles. The zero-order valence-corrected chi connectivity index (χ0v) is 13.6. The molecule has 0 aliphatic carbocycles. The van der Waals surface area contributed by atoms with E-state index in [0.717, 1.165) is 30.9 Å². The predicted molar refractivity (Wildman–Crippen MR) is 86.5 cm³/mol. The third-order valence-corrected chi connectivity index (χ3v) is 3.72. The number of rotatable bonds is 6. The molecule has 1 atom stereocenters. The second-order valence-corrected chi connectivity index (χ2v) is 6.39. The first-order valence-electron chi connectivity index (χ1n) is 7.24. The molecule has 0 N–H and O–H groups in total. The summed E-state index contributed by atoms with van der Waals surface area (Å²) in [6.45, 7) is 6.20. The number of aryl methyl sites for hydroxylation is 2. The van der Waals surface area contributed by atoms with Gasteiger partial charge in [0.1, 0.15) is 5.82 Å². The van der Waals surface area contributed by atoms with Crippen molar-refractivity contribution in [2.45, 2.75) is 38.6 Å². The van der Waals surface area contributed by atoms with Gasteiger partial charge >= 0.3 is 0 Å². The van der Waals surface area contributed by atoms with Crippen LogP contribution in [0.1, 0.15) is 36.5 Å². The van der Waals surface area contributed by atoms with E-state index in [1.807, 2.05) is 6.92 Å². The maximum absolute atomic E-state index is 6.29. The smallest absolute Gasteiger partial charge is 0.127 e. The lowest BCUT2D eigenvalue weighted by molar-refractivity contribution is 0.387. The fourth-order valence-electron chi connectivity index (χ4n) is 2.50. The number of alkyl halides is 1. The second-order valence-electron chi connectivity index (χ2n) is 5.74. The van der Waals surface area contributed by atoms with Crippen LogP contribution in [0.25, 0.3) is 11.0 Å². The van der Waals surface area contributed by atoms with Gasteiger partial charge in [0.15, 0.2) is 0 Å². The molecule has 0 fully saturated rings. The molecule has 2 rings (SSSR count). The first kappa shape index (κ1) is 15.3. The molecule has 0 radical (unpaired) electrons. The number of hydrogen-bond acceptors (Lipinski definition) is 2. The van der Waals surface area contributed by atoms with Crippen LogP contribution in [0.3, 0.4) is 0 Å². The van der Waals surface area contributed by atoms with Crippen LogP contribution in [0.4, 0.5) is 0 Å². The van der Waals surface area contributed by atoms with Crippen molar-refractivity contribution in [1.82, 2.24) is 14.5 Å². The largest absolute Gasteiger partial charge is 0.327 e. The minimum absolute atomic E-state index is 0.0587. The molecule has 4 heteroatoms. The summed E-state index contributed by atoms with van der Waals surface area (Å²) in [5.41, 5.74) is 3.49. The molecule has 0 spiro atoms. The quantitative estimate of drug-likeness (QED) is 0.593. The predicted octanol–water partition coefficient (Wildman–Crippen LogP) is 3.99. The molecule has 0 saturated heterocycles. The van der Waals surface area contributed by atoms with E-state index in [1.165, 1.54) is 17.5 Å². The highest BCUT2D eigenvalue weighted by Gasteiger charge is 2.14. The fraction of sp³-hybridized carbons (Fsp3) is 0.562. The van der Waals surface area contributed by atoms with Gasteiger partial charge in [0, 0.05) is 6.54 Å². The molecule has 1 unspecified atom stereocenters. The minimum atomic E-state index is -0.0587. The van der Waals surface area contributed by atoms with Crippen molar-refractivity contribution >= 4 is 22.6 Å². The molecule has 0 aliphatic heterocycles. The molecule has 1 heterocycles. The van der Waals surface area contributed by atoms with Crippen LogP contribution in [-0.4, -0.2) is 35.1 Å². The normalized spacial score (nSPS) is 13.3. The summed E-state index contributed by atoms with van der Waals surface area (Å²) in [4.78, 5) is 6.93. The van der Waals surface area contributed by atoms with Crippen LogP contribution in [0, 0.1) is 6.92 Å². The Morgan fingerprint density at radius 2 is 2.05 bits per heavy atom. The van der Waals surface area contributed by atoms with E-state index >= 15 is 0 Å². The van der Waals surface area contributed by atoms with E-state index in [4.69, 9.17) is 16.6 Å². The Balaban J connectivity index is 2.22. The van der Waals surface area contributed by atoms with Crippen LogP contribution in [0.5, 0.6) is 0 Å². The Labute approximate surface area is 126 Å². The Bertz CT molecular complexity index is 572. The van der Waals surface area contributed by atoms with Crippen molar-refractivity contribution in [2.75, 3.05) is 20.6 Å². The van der Waals surface area contributed by atoms with Gasteiger partial charge in [-0.25, -0.2) is 4.98 Å². The number of nitrogens with zero attached hydrogens (tertiary/aromatic N) is 3. The lowest BCUT2D eigenvalue weighted by Gasteiger charge is -2.12. The van der Waals surface area contributed by atoms with Crippen LogP contribution < -0.4 is 0 Å². The van der Waals surface area contributed by atoms with Gasteiger partial charge in [-0.05, 0) is 65.0 Å². The van der Waals surface area contributed by atoms with Crippen molar-refractivity contribution in [3.05, 3.63) is 29.6 Å². The Morgan fingerprint density at radius 3 is 2.70 bits per heavy atom. The Kier molecular flexibility index (Phi) is 5.06. The van der Waals surface area contributed by atoms with Crippen molar-refractivity contribution in [3.63, 3.8) is 0 Å². The van der Waals surface area contributed by atoms with Crippen LogP contribution in [0.2, 0.25) is 0 Å². The number of unbranched alkanes of at least 4 members (excludes halogenated alkanes) is 1. The van der Waals surface area contributed by atoms with E-state index in [2.05, 4.69) is 48.7 Å². The number of fused-ring (bicyclic) bond motifs is 1. The third-order valence-electron chi connectivity index (χ3n) is 3.53. The van der Waals surface area contributed by atoms with Gasteiger partial charge in [0.05, 0.1) is 16.4 Å². The van der Waals surface area contributed by atoms with E-state index in [0.29, 0.717) is 0 Å². The molecule has 0 aliphatic rings. The molecular formula is C16H24ClN3. The molecule has 2 aromatic rings. The molecule has 110 valence electrons. The van der Waals surface area contributed by atoms with Gasteiger partial charge in [0.25, 0.3) is 0 Å². The zero-order valence-electron chi connectivity index (χ0n) is 12.9. The number of halogens is 1. The van der Waals surface area contributed by atoms with Gasteiger partial charge in [-0.1, -0.05) is 6.07 Å². The van der Waals surface area contributed by atoms with Crippen molar-refractivity contribution < 1.29 is 0 Å². The van der Waals surface area contributed by atoms with Crippen LogP contribution in [0.15, 0.2) is 18.2 Å². The van der Waals surface area contributed by atoms with Gasteiger partial charge in [-0.15, -0.1) is 11.6 Å². The molecule has 1 aromatic carbocycles. The van der Waals surface area contributed by atoms with Gasteiger partial charge < -0.3 is 9.47 Å². The lowest BCUT2D eigenvalue weighted by Crippen LogP contribution is -2.14. The summed E-state index contributed by atoms with van der Waals surface area (Å²) in [5.74, 6) is 0.983. The molecule has 3 nitrogen and oxygen atoms in total. The van der Waals surface area contributed by atoms with Gasteiger partial charge in [-0.3, -0.25) is 0 Å². The molecule has 20 heavy (non-hydrogen) atoms. The summed E-state index contributed by atoms with van der Waals surface area (Å²) in [6, 6.07) is 6.43. The van der Waals surface area contributed by atoms with Crippen molar-refractivity contribution in [1.29, 1.82) is 0 Å². The Morgan fingerprint density at radius 1 is 1.30 bits per heavy atom. The molecule has 0 bridgehead atoms. The maximum atomic E-state index is 6.29. The molecule has 1 aromatic heterocycles. The van der Waals surface area contributed by atoms with Gasteiger partial charge in [-0.2, -0.15) is 0 Å². The maximum Gasteiger partial charge on any atom is 0.127 e. The zero-order chi connectivity index (χ0) is 14.7. The summed E-state index contributed by atoms with van der Waals surface area (Å²) < 4.78 is 2.28. The first-order valence-corrected chi connectivity index (χ1v) is 7.68. The topological polar surface area (TPSA) is 21.1 Å². The van der Waals surface area contributed by atoms with Crippen molar-refractivity contribution in [3.8, 4) is 0 Å². The summed E-state index contributed by atoms with van der Waals surface area (Å²) >= 11 is 6.29. The number of aromatic nitrogens is 2. The highest BCUT2D eigenvalue weighted by molar-refractivity contribution is 6.20.